The van der Waals surface area contributed by atoms with Crippen LogP contribution in [0.4, 0.5) is 10.3 Å². The number of anilines is 1. The van der Waals surface area contributed by atoms with Gasteiger partial charge in [0.15, 0.2) is 0 Å². The number of rotatable bonds is 2. The number of fused-ring (bicyclic) bond motifs is 1. The summed E-state index contributed by atoms with van der Waals surface area (Å²) in [5.74, 6) is -0.0635. The van der Waals surface area contributed by atoms with E-state index in [0.717, 1.165) is 22.4 Å². The van der Waals surface area contributed by atoms with Gasteiger partial charge in [-0.25, -0.2) is 19.3 Å². The highest BCUT2D eigenvalue weighted by atomic mass is 19.1. The van der Waals surface area contributed by atoms with Crippen LogP contribution in [0.25, 0.3) is 33.5 Å². The molecule has 0 atom stereocenters. The molecule has 0 aliphatic carbocycles. The van der Waals surface area contributed by atoms with E-state index in [1.54, 1.807) is 12.1 Å². The Kier molecular flexibility index (Phi) is 3.84. The van der Waals surface area contributed by atoms with Crippen molar-refractivity contribution in [3.05, 3.63) is 71.5 Å². The maximum absolute atomic E-state index is 13.2. The van der Waals surface area contributed by atoms with E-state index in [4.69, 9.17) is 10.7 Å². The minimum atomic E-state index is -0.276. The third kappa shape index (κ3) is 2.77. The number of nitrogen functional groups attached to an aromatic ring is 1. The smallest absolute Gasteiger partial charge is 0.221 e. The van der Waals surface area contributed by atoms with Crippen molar-refractivity contribution in [2.75, 3.05) is 5.73 Å². The van der Waals surface area contributed by atoms with Crippen LogP contribution in [0.15, 0.2) is 54.6 Å². The van der Waals surface area contributed by atoms with E-state index >= 15 is 0 Å². The number of nitrogens with zero attached hydrogens (tertiary/aromatic N) is 3. The maximum atomic E-state index is 13.2. The Bertz CT molecular complexity index is 1120. The van der Waals surface area contributed by atoms with Gasteiger partial charge in [-0.2, -0.15) is 0 Å². The van der Waals surface area contributed by atoms with E-state index in [1.165, 1.54) is 17.7 Å². The summed E-state index contributed by atoms with van der Waals surface area (Å²) in [7, 11) is 0. The molecule has 0 amide bonds. The van der Waals surface area contributed by atoms with Crippen LogP contribution >= 0.6 is 0 Å². The van der Waals surface area contributed by atoms with Gasteiger partial charge in [0.05, 0.1) is 11.2 Å². The van der Waals surface area contributed by atoms with E-state index in [1.807, 2.05) is 24.3 Å². The monoisotopic (exact) mass is 344 g/mol. The predicted octanol–water partition coefficient (Wildman–Crippen LogP) is 4.70. The predicted molar refractivity (Wildman–Crippen MR) is 102 cm³/mol. The van der Waals surface area contributed by atoms with Gasteiger partial charge in [-0.3, -0.25) is 0 Å². The van der Waals surface area contributed by atoms with Gasteiger partial charge in [-0.1, -0.05) is 18.2 Å². The highest BCUT2D eigenvalue weighted by Crippen LogP contribution is 2.31. The number of aryl methyl sites for hydroxylation is 1. The first-order valence-corrected chi connectivity index (χ1v) is 8.30. The first kappa shape index (κ1) is 16.1. The zero-order valence-corrected chi connectivity index (χ0v) is 14.5. The van der Waals surface area contributed by atoms with E-state index in [0.29, 0.717) is 16.7 Å². The summed E-state index contributed by atoms with van der Waals surface area (Å²) in [6.45, 7) is 4.11. The van der Waals surface area contributed by atoms with Crippen LogP contribution < -0.4 is 5.73 Å². The normalized spacial score (nSPS) is 11.0. The summed E-state index contributed by atoms with van der Waals surface area (Å²) in [5.41, 5.74) is 12.8. The summed E-state index contributed by atoms with van der Waals surface area (Å²) < 4.78 is 13.2. The van der Waals surface area contributed by atoms with E-state index in [9.17, 15) is 4.39 Å². The Morgan fingerprint density at radius 3 is 2.38 bits per heavy atom. The summed E-state index contributed by atoms with van der Waals surface area (Å²) >= 11 is 0. The lowest BCUT2D eigenvalue weighted by Crippen LogP contribution is -2.01. The van der Waals surface area contributed by atoms with Gasteiger partial charge in [0.2, 0.25) is 5.95 Å². The van der Waals surface area contributed by atoms with Crippen molar-refractivity contribution in [1.82, 2.24) is 15.0 Å². The fourth-order valence-electron chi connectivity index (χ4n) is 3.01. The molecule has 0 saturated carbocycles. The highest BCUT2D eigenvalue weighted by molar-refractivity contribution is 5.92. The molecule has 2 aromatic carbocycles. The average Bonchev–Trinajstić information content (AvgIpc) is 2.64. The molecule has 0 bridgehead atoms. The molecule has 4 rings (SSSR count). The molecule has 5 heteroatoms. The van der Waals surface area contributed by atoms with E-state index < -0.39 is 0 Å². The SMILES string of the molecule is Cc1cccc(-c2nc(N)nc3ccc(-c4ccc(F)cc4)nc23)c1C. The second-order valence-corrected chi connectivity index (χ2v) is 6.25. The molecule has 0 aliphatic heterocycles. The zero-order valence-electron chi connectivity index (χ0n) is 14.5. The van der Waals surface area contributed by atoms with Crippen molar-refractivity contribution in [3.63, 3.8) is 0 Å². The molecule has 0 unspecified atom stereocenters. The van der Waals surface area contributed by atoms with Crippen LogP contribution in [-0.4, -0.2) is 15.0 Å². The molecule has 4 aromatic rings. The van der Waals surface area contributed by atoms with Crippen LogP contribution in [0.3, 0.4) is 0 Å². The van der Waals surface area contributed by atoms with Crippen molar-refractivity contribution in [2.45, 2.75) is 13.8 Å². The average molecular weight is 344 g/mol. The summed E-state index contributed by atoms with van der Waals surface area (Å²) in [6, 6.07) is 16.0. The molecular weight excluding hydrogens is 327 g/mol. The molecule has 0 aliphatic rings. The Labute approximate surface area is 150 Å². The molecule has 2 aromatic heterocycles. The second kappa shape index (κ2) is 6.19. The molecule has 128 valence electrons. The number of nitrogens with two attached hydrogens (primary N) is 1. The third-order valence-electron chi connectivity index (χ3n) is 4.56. The molecule has 26 heavy (non-hydrogen) atoms. The first-order valence-electron chi connectivity index (χ1n) is 8.30. The van der Waals surface area contributed by atoms with Gasteiger partial charge >= 0.3 is 0 Å². The number of pyridine rings is 1. The maximum Gasteiger partial charge on any atom is 0.221 e. The van der Waals surface area contributed by atoms with Crippen LogP contribution in [0.1, 0.15) is 11.1 Å². The van der Waals surface area contributed by atoms with Gasteiger partial charge in [-0.15, -0.1) is 0 Å². The molecule has 4 nitrogen and oxygen atoms in total. The second-order valence-electron chi connectivity index (χ2n) is 6.25. The van der Waals surface area contributed by atoms with Gasteiger partial charge in [-0.05, 0) is 61.4 Å². The summed E-state index contributed by atoms with van der Waals surface area (Å²) in [4.78, 5) is 13.5. The van der Waals surface area contributed by atoms with Crippen molar-refractivity contribution in [2.24, 2.45) is 0 Å². The fraction of sp³-hybridized carbons (Fsp3) is 0.0952. The number of benzene rings is 2. The highest BCUT2D eigenvalue weighted by Gasteiger charge is 2.14. The van der Waals surface area contributed by atoms with Crippen LogP contribution in [0.5, 0.6) is 0 Å². The number of hydrogen-bond acceptors (Lipinski definition) is 4. The largest absolute Gasteiger partial charge is 0.368 e. The molecule has 0 saturated heterocycles. The Hall–Kier alpha value is -3.34. The van der Waals surface area contributed by atoms with Crippen LogP contribution in [0.2, 0.25) is 0 Å². The number of halogens is 1. The van der Waals surface area contributed by atoms with Gasteiger partial charge < -0.3 is 5.73 Å². The van der Waals surface area contributed by atoms with Crippen molar-refractivity contribution in [3.8, 4) is 22.5 Å². The van der Waals surface area contributed by atoms with Gasteiger partial charge in [0.25, 0.3) is 0 Å². The Morgan fingerprint density at radius 2 is 1.62 bits per heavy atom. The standard InChI is InChI=1S/C21H17FN4/c1-12-4-3-5-16(13(12)2)19-20-18(25-21(23)26-19)11-10-17(24-20)14-6-8-15(22)9-7-14/h3-11H,1-2H3,(H2,23,25,26). The van der Waals surface area contributed by atoms with E-state index in [-0.39, 0.29) is 11.8 Å². The molecular formula is C21H17FN4. The summed E-state index contributed by atoms with van der Waals surface area (Å²) in [6.07, 6.45) is 0. The molecule has 0 spiro atoms. The first-order chi connectivity index (χ1) is 12.5. The minimum absolute atomic E-state index is 0.213. The Morgan fingerprint density at radius 1 is 0.846 bits per heavy atom. The molecule has 0 fully saturated rings. The number of aromatic nitrogens is 3. The van der Waals surface area contributed by atoms with Gasteiger partial charge in [0, 0.05) is 11.1 Å². The fourth-order valence-corrected chi connectivity index (χ4v) is 3.01. The topological polar surface area (TPSA) is 64.7 Å². The van der Waals surface area contributed by atoms with Crippen LogP contribution in [0, 0.1) is 19.7 Å². The quantitative estimate of drug-likeness (QED) is 0.572. The number of hydrogen-bond donors (Lipinski definition) is 1. The lowest BCUT2D eigenvalue weighted by Gasteiger charge is -2.11. The Balaban J connectivity index is 1.98. The lowest BCUT2D eigenvalue weighted by molar-refractivity contribution is 0.628. The molecule has 0 radical (unpaired) electrons. The molecule has 2 N–H and O–H groups in total. The molecule has 2 heterocycles. The third-order valence-corrected chi connectivity index (χ3v) is 4.56. The van der Waals surface area contributed by atoms with Crippen molar-refractivity contribution < 1.29 is 4.39 Å². The van der Waals surface area contributed by atoms with Crippen LogP contribution in [-0.2, 0) is 0 Å². The zero-order chi connectivity index (χ0) is 18.3. The van der Waals surface area contributed by atoms with Gasteiger partial charge in [0.1, 0.15) is 17.0 Å². The minimum Gasteiger partial charge on any atom is -0.368 e. The van der Waals surface area contributed by atoms with Crippen molar-refractivity contribution >= 4 is 17.0 Å². The summed E-state index contributed by atoms with van der Waals surface area (Å²) in [5, 5.41) is 0. The van der Waals surface area contributed by atoms with Crippen molar-refractivity contribution in [1.29, 1.82) is 0 Å². The van der Waals surface area contributed by atoms with E-state index in [2.05, 4.69) is 29.9 Å². The lowest BCUT2D eigenvalue weighted by atomic mass is 9.99.